The second-order valence-electron chi connectivity index (χ2n) is 5.70. The number of piperidine rings is 1. The number of carbonyl (C=O) groups is 1. The van der Waals surface area contributed by atoms with Crippen molar-refractivity contribution >= 4 is 17.2 Å². The van der Waals surface area contributed by atoms with Crippen molar-refractivity contribution in [2.45, 2.75) is 32.3 Å². The molecule has 1 aromatic rings. The predicted molar refractivity (Wildman–Crippen MR) is 80.0 cm³/mol. The van der Waals surface area contributed by atoms with Crippen molar-refractivity contribution in [3.05, 3.63) is 33.9 Å². The molecule has 1 aliphatic heterocycles. The Labute approximate surface area is 123 Å². The molecule has 0 bridgehead atoms. The smallest absolute Gasteiger partial charge is 0.293 e. The highest BCUT2D eigenvalue weighted by Gasteiger charge is 2.33. The Hall–Kier alpha value is -1.95. The van der Waals surface area contributed by atoms with Crippen molar-refractivity contribution in [3.8, 4) is 0 Å². The zero-order chi connectivity index (χ0) is 15.6. The summed E-state index contributed by atoms with van der Waals surface area (Å²) in [6.45, 7) is 4.76. The van der Waals surface area contributed by atoms with Gasteiger partial charge in [-0.1, -0.05) is 0 Å². The van der Waals surface area contributed by atoms with Gasteiger partial charge in [0.2, 0.25) is 0 Å². The molecule has 1 saturated heterocycles. The predicted octanol–water partition coefficient (Wildman–Crippen LogP) is 2.80. The van der Waals surface area contributed by atoms with Crippen LogP contribution in [0.2, 0.25) is 0 Å². The zero-order valence-corrected chi connectivity index (χ0v) is 12.6. The Morgan fingerprint density at radius 1 is 1.48 bits per heavy atom. The summed E-state index contributed by atoms with van der Waals surface area (Å²) in [4.78, 5) is 24.2. The Bertz CT molecular complexity index is 573. The topological polar surface area (TPSA) is 72.7 Å². The van der Waals surface area contributed by atoms with Gasteiger partial charge in [0.15, 0.2) is 5.78 Å². The summed E-state index contributed by atoms with van der Waals surface area (Å²) in [7, 11) is 1.66. The quantitative estimate of drug-likeness (QED) is 0.484. The van der Waals surface area contributed by atoms with Crippen LogP contribution < -0.4 is 4.90 Å². The van der Waals surface area contributed by atoms with E-state index >= 15 is 0 Å². The van der Waals surface area contributed by atoms with Crippen LogP contribution in [-0.4, -0.2) is 36.5 Å². The van der Waals surface area contributed by atoms with E-state index < -0.39 is 4.92 Å². The van der Waals surface area contributed by atoms with Crippen molar-refractivity contribution in [2.75, 3.05) is 25.1 Å². The van der Waals surface area contributed by atoms with Crippen molar-refractivity contribution in [1.29, 1.82) is 0 Å². The van der Waals surface area contributed by atoms with Gasteiger partial charge in [-0.05, 0) is 38.8 Å². The van der Waals surface area contributed by atoms with Crippen molar-refractivity contribution in [3.63, 3.8) is 0 Å². The number of anilines is 1. The summed E-state index contributed by atoms with van der Waals surface area (Å²) in [6, 6.07) is 4.66. The highest BCUT2D eigenvalue weighted by atomic mass is 16.6. The van der Waals surface area contributed by atoms with Crippen LogP contribution in [0.15, 0.2) is 18.2 Å². The number of hydrogen-bond donors (Lipinski definition) is 0. The van der Waals surface area contributed by atoms with Crippen molar-refractivity contribution in [2.24, 2.45) is 0 Å². The van der Waals surface area contributed by atoms with Gasteiger partial charge in [0, 0.05) is 31.8 Å². The first-order chi connectivity index (χ1) is 9.86. The molecule has 2 rings (SSSR count). The third-order valence-electron chi connectivity index (χ3n) is 4.07. The fourth-order valence-corrected chi connectivity index (χ4v) is 2.73. The van der Waals surface area contributed by atoms with Gasteiger partial charge in [-0.25, -0.2) is 0 Å². The largest absolute Gasteiger partial charge is 0.377 e. The van der Waals surface area contributed by atoms with Crippen LogP contribution in [0.25, 0.3) is 0 Å². The number of hydrogen-bond acceptors (Lipinski definition) is 5. The molecule has 0 aromatic heterocycles. The number of nitro benzene ring substituents is 1. The van der Waals surface area contributed by atoms with E-state index in [0.29, 0.717) is 17.8 Å². The first-order valence-corrected chi connectivity index (χ1v) is 6.96. The number of ketones is 1. The molecule has 0 saturated carbocycles. The fraction of sp³-hybridized carbons (Fsp3) is 0.533. The third kappa shape index (κ3) is 3.21. The fourth-order valence-electron chi connectivity index (χ4n) is 2.73. The summed E-state index contributed by atoms with van der Waals surface area (Å²) in [5, 5.41) is 11.3. The van der Waals surface area contributed by atoms with Crippen LogP contribution in [0.5, 0.6) is 0 Å². The Kier molecular flexibility index (Phi) is 4.27. The molecule has 0 radical (unpaired) electrons. The van der Waals surface area contributed by atoms with Crippen LogP contribution >= 0.6 is 0 Å². The molecule has 1 unspecified atom stereocenters. The van der Waals surface area contributed by atoms with Crippen molar-refractivity contribution < 1.29 is 14.5 Å². The number of nitro groups is 1. The molecule has 1 aliphatic rings. The summed E-state index contributed by atoms with van der Waals surface area (Å²) in [6.07, 6.45) is 1.84. The molecule has 0 aliphatic carbocycles. The van der Waals surface area contributed by atoms with E-state index in [9.17, 15) is 14.9 Å². The first-order valence-electron chi connectivity index (χ1n) is 6.96. The molecule has 21 heavy (non-hydrogen) atoms. The first kappa shape index (κ1) is 15.4. The maximum absolute atomic E-state index is 11.4. The van der Waals surface area contributed by atoms with E-state index in [1.54, 1.807) is 19.2 Å². The molecule has 1 heterocycles. The summed E-state index contributed by atoms with van der Waals surface area (Å²) >= 11 is 0. The summed E-state index contributed by atoms with van der Waals surface area (Å²) < 4.78 is 5.53. The maximum Gasteiger partial charge on any atom is 0.293 e. The Morgan fingerprint density at radius 3 is 2.76 bits per heavy atom. The minimum absolute atomic E-state index is 0.0250. The van der Waals surface area contributed by atoms with Gasteiger partial charge < -0.3 is 9.64 Å². The SMILES string of the molecule is COC1(C)CCCN(c2ccc(C(C)=O)cc2[N+](=O)[O-])C1. The second-order valence-corrected chi connectivity index (χ2v) is 5.70. The maximum atomic E-state index is 11.4. The molecular formula is C15H20N2O4. The monoisotopic (exact) mass is 292 g/mol. The number of carbonyl (C=O) groups excluding carboxylic acids is 1. The van der Waals surface area contributed by atoms with E-state index in [2.05, 4.69) is 0 Å². The van der Waals surface area contributed by atoms with Crippen LogP contribution in [0, 0.1) is 10.1 Å². The molecule has 1 fully saturated rings. The minimum Gasteiger partial charge on any atom is -0.377 e. The lowest BCUT2D eigenvalue weighted by Gasteiger charge is -2.40. The van der Waals surface area contributed by atoms with Gasteiger partial charge in [0.1, 0.15) is 5.69 Å². The third-order valence-corrected chi connectivity index (χ3v) is 4.07. The highest BCUT2D eigenvalue weighted by molar-refractivity contribution is 5.95. The van der Waals surface area contributed by atoms with Crippen LogP contribution in [0.4, 0.5) is 11.4 Å². The molecule has 0 spiro atoms. The average molecular weight is 292 g/mol. The lowest BCUT2D eigenvalue weighted by atomic mass is 9.94. The molecule has 0 N–H and O–H groups in total. The Balaban J connectivity index is 2.39. The molecule has 114 valence electrons. The van der Waals surface area contributed by atoms with E-state index in [4.69, 9.17) is 4.74 Å². The minimum atomic E-state index is -0.430. The highest BCUT2D eigenvalue weighted by Crippen LogP contribution is 2.34. The molecule has 1 atom stereocenters. The Morgan fingerprint density at radius 2 is 2.19 bits per heavy atom. The molecule has 1 aromatic carbocycles. The lowest BCUT2D eigenvalue weighted by molar-refractivity contribution is -0.384. The molecule has 6 nitrogen and oxygen atoms in total. The van der Waals surface area contributed by atoms with Gasteiger partial charge in [-0.15, -0.1) is 0 Å². The standard InChI is InChI=1S/C15H20N2O4/c1-11(18)12-5-6-13(14(9-12)17(19)20)16-8-4-7-15(2,10-16)21-3/h5-6,9H,4,7-8,10H2,1-3H3. The van der Waals surface area contributed by atoms with Gasteiger partial charge >= 0.3 is 0 Å². The van der Waals surface area contributed by atoms with E-state index in [1.165, 1.54) is 13.0 Å². The normalized spacial score (nSPS) is 22.1. The van der Waals surface area contributed by atoms with E-state index in [1.807, 2.05) is 11.8 Å². The van der Waals surface area contributed by atoms with E-state index in [0.717, 1.165) is 19.4 Å². The summed E-state index contributed by atoms with van der Waals surface area (Å²) in [5.74, 6) is -0.176. The van der Waals surface area contributed by atoms with Crippen LogP contribution in [-0.2, 0) is 4.74 Å². The van der Waals surface area contributed by atoms with Gasteiger partial charge in [-0.3, -0.25) is 14.9 Å². The van der Waals surface area contributed by atoms with E-state index in [-0.39, 0.29) is 17.1 Å². The second kappa shape index (κ2) is 5.81. The van der Waals surface area contributed by atoms with Crippen LogP contribution in [0.1, 0.15) is 37.0 Å². The molecule has 0 amide bonds. The van der Waals surface area contributed by atoms with Gasteiger partial charge in [-0.2, -0.15) is 0 Å². The van der Waals surface area contributed by atoms with Gasteiger partial charge in [0.05, 0.1) is 10.5 Å². The zero-order valence-electron chi connectivity index (χ0n) is 12.6. The number of Topliss-reactive ketones (excluding diaryl/α,β-unsaturated/α-hetero) is 1. The number of ether oxygens (including phenoxy) is 1. The number of nitrogens with zero attached hydrogens (tertiary/aromatic N) is 2. The van der Waals surface area contributed by atoms with Gasteiger partial charge in [0.25, 0.3) is 5.69 Å². The molecule has 6 heteroatoms. The lowest BCUT2D eigenvalue weighted by Crippen LogP contribution is -2.47. The van der Waals surface area contributed by atoms with Crippen LogP contribution in [0.3, 0.4) is 0 Å². The average Bonchev–Trinajstić information content (AvgIpc) is 2.46. The number of rotatable bonds is 4. The number of methoxy groups -OCH3 is 1. The summed E-state index contributed by atoms with van der Waals surface area (Å²) in [5.41, 5.74) is 0.582. The number of benzene rings is 1. The van der Waals surface area contributed by atoms with Crippen molar-refractivity contribution in [1.82, 2.24) is 0 Å². The molecular weight excluding hydrogens is 272 g/mol.